The van der Waals surface area contributed by atoms with E-state index in [4.69, 9.17) is 0 Å². The van der Waals surface area contributed by atoms with Crippen LogP contribution in [-0.4, -0.2) is 12.0 Å². The molecule has 0 aliphatic carbocycles. The Balaban J connectivity index is 0.000000217. The number of carbonyl (C=O) groups is 1. The molecular formula is C17H20OS2. The summed E-state index contributed by atoms with van der Waals surface area (Å²) in [5.74, 6) is 0.882. The van der Waals surface area contributed by atoms with E-state index in [-0.39, 0.29) is 0 Å². The van der Waals surface area contributed by atoms with Crippen molar-refractivity contribution in [3.63, 3.8) is 0 Å². The molecule has 2 aromatic carbocycles. The van der Waals surface area contributed by atoms with Crippen molar-refractivity contribution in [2.24, 2.45) is 0 Å². The second-order valence-corrected chi connectivity index (χ2v) is 6.14. The van der Waals surface area contributed by atoms with Gasteiger partial charge >= 0.3 is 0 Å². The third-order valence-electron chi connectivity index (χ3n) is 2.56. The van der Waals surface area contributed by atoms with Gasteiger partial charge in [-0.3, -0.25) is 0 Å². The van der Waals surface area contributed by atoms with E-state index in [0.29, 0.717) is 6.42 Å². The van der Waals surface area contributed by atoms with Gasteiger partial charge in [-0.2, -0.15) is 0 Å². The molecule has 0 saturated heterocycles. The number of thiol groups is 1. The first-order valence-corrected chi connectivity index (χ1v) is 7.94. The number of hydrogen-bond acceptors (Lipinski definition) is 3. The molecule has 20 heavy (non-hydrogen) atoms. The van der Waals surface area contributed by atoms with Crippen LogP contribution in [0.4, 0.5) is 0 Å². The van der Waals surface area contributed by atoms with Crippen LogP contribution in [0.1, 0.15) is 17.5 Å². The van der Waals surface area contributed by atoms with E-state index in [1.54, 1.807) is 11.8 Å². The summed E-state index contributed by atoms with van der Waals surface area (Å²) in [5.41, 5.74) is 2.55. The third-order valence-corrected chi connectivity index (χ3v) is 3.90. The molecule has 2 rings (SSSR count). The van der Waals surface area contributed by atoms with Crippen LogP contribution < -0.4 is 0 Å². The second-order valence-electron chi connectivity index (χ2n) is 4.45. The highest BCUT2D eigenvalue weighted by molar-refractivity contribution is 7.99. The standard InChI is InChI=1S/C10H12OS.C7H8S/c1-9-3-5-10(6-4-9)12-8-2-7-11;1-6-2-4-7(8)5-3-6/h3-7H,2,8H2,1H3;2-5,8H,1H3. The van der Waals surface area contributed by atoms with E-state index in [1.165, 1.54) is 16.0 Å². The number of benzene rings is 2. The van der Waals surface area contributed by atoms with Crippen LogP contribution in [0.5, 0.6) is 0 Å². The van der Waals surface area contributed by atoms with Gasteiger partial charge in [-0.15, -0.1) is 24.4 Å². The predicted octanol–water partition coefficient (Wildman–Crippen LogP) is 4.96. The Kier molecular flexibility index (Phi) is 8.16. The monoisotopic (exact) mass is 304 g/mol. The van der Waals surface area contributed by atoms with Gasteiger partial charge in [-0.1, -0.05) is 35.4 Å². The largest absolute Gasteiger partial charge is 0.303 e. The lowest BCUT2D eigenvalue weighted by atomic mass is 10.2. The van der Waals surface area contributed by atoms with Gasteiger partial charge in [-0.25, -0.2) is 0 Å². The van der Waals surface area contributed by atoms with Crippen LogP contribution in [0.2, 0.25) is 0 Å². The fourth-order valence-electron chi connectivity index (χ4n) is 1.40. The highest BCUT2D eigenvalue weighted by Gasteiger charge is 1.91. The Morgan fingerprint density at radius 1 is 0.950 bits per heavy atom. The number of thioether (sulfide) groups is 1. The van der Waals surface area contributed by atoms with E-state index < -0.39 is 0 Å². The molecule has 2 aromatic rings. The third kappa shape index (κ3) is 7.41. The van der Waals surface area contributed by atoms with Crippen molar-refractivity contribution in [3.05, 3.63) is 59.7 Å². The first kappa shape index (κ1) is 16.9. The lowest BCUT2D eigenvalue weighted by Crippen LogP contribution is -1.80. The summed E-state index contributed by atoms with van der Waals surface area (Å²) in [6.07, 6.45) is 1.60. The molecule has 0 radical (unpaired) electrons. The molecule has 0 aliphatic heterocycles. The van der Waals surface area contributed by atoms with E-state index in [9.17, 15) is 4.79 Å². The highest BCUT2D eigenvalue weighted by Crippen LogP contribution is 2.18. The second kappa shape index (κ2) is 9.67. The molecule has 0 saturated carbocycles. The van der Waals surface area contributed by atoms with Gasteiger partial charge in [-0.05, 0) is 38.1 Å². The molecule has 0 heterocycles. The quantitative estimate of drug-likeness (QED) is 0.372. The van der Waals surface area contributed by atoms with Crippen molar-refractivity contribution in [1.82, 2.24) is 0 Å². The molecule has 3 heteroatoms. The maximum absolute atomic E-state index is 10.0. The number of aryl methyl sites for hydroxylation is 2. The number of hydrogen-bond donors (Lipinski definition) is 1. The molecule has 1 nitrogen and oxygen atoms in total. The van der Waals surface area contributed by atoms with E-state index in [0.717, 1.165) is 16.9 Å². The van der Waals surface area contributed by atoms with Crippen molar-refractivity contribution < 1.29 is 4.79 Å². The summed E-state index contributed by atoms with van der Waals surface area (Å²) < 4.78 is 0. The lowest BCUT2D eigenvalue weighted by Gasteiger charge is -1.98. The molecule has 0 fully saturated rings. The van der Waals surface area contributed by atoms with Gasteiger partial charge in [0.15, 0.2) is 0 Å². The lowest BCUT2D eigenvalue weighted by molar-refractivity contribution is -0.107. The Hall–Kier alpha value is -1.19. The number of carbonyl (C=O) groups excluding carboxylic acids is 1. The molecule has 106 valence electrons. The summed E-state index contributed by atoms with van der Waals surface area (Å²) in [7, 11) is 0. The maximum Gasteiger partial charge on any atom is 0.120 e. The van der Waals surface area contributed by atoms with Gasteiger partial charge in [0, 0.05) is 22.0 Å². The fourth-order valence-corrected chi connectivity index (χ4v) is 2.33. The molecule has 0 aromatic heterocycles. The molecule has 0 unspecified atom stereocenters. The molecule has 0 atom stereocenters. The topological polar surface area (TPSA) is 17.1 Å². The van der Waals surface area contributed by atoms with E-state index >= 15 is 0 Å². The summed E-state index contributed by atoms with van der Waals surface area (Å²) in [6, 6.07) is 16.4. The zero-order valence-electron chi connectivity index (χ0n) is 11.9. The summed E-state index contributed by atoms with van der Waals surface area (Å²) in [5, 5.41) is 0. The average Bonchev–Trinajstić information content (AvgIpc) is 2.45. The van der Waals surface area contributed by atoms with Crippen LogP contribution in [0, 0.1) is 13.8 Å². The minimum atomic E-state index is 0.637. The Labute approximate surface area is 131 Å². The van der Waals surface area contributed by atoms with Gasteiger partial charge < -0.3 is 4.79 Å². The van der Waals surface area contributed by atoms with Crippen molar-refractivity contribution in [3.8, 4) is 0 Å². The van der Waals surface area contributed by atoms with Crippen LogP contribution >= 0.6 is 24.4 Å². The highest BCUT2D eigenvalue weighted by atomic mass is 32.2. The minimum Gasteiger partial charge on any atom is -0.303 e. The molecule has 0 spiro atoms. The normalized spacial score (nSPS) is 9.55. The summed E-state index contributed by atoms with van der Waals surface area (Å²) >= 11 is 5.85. The smallest absolute Gasteiger partial charge is 0.120 e. The summed E-state index contributed by atoms with van der Waals surface area (Å²) in [6.45, 7) is 4.13. The Morgan fingerprint density at radius 3 is 1.90 bits per heavy atom. The minimum absolute atomic E-state index is 0.637. The zero-order chi connectivity index (χ0) is 14.8. The van der Waals surface area contributed by atoms with Crippen LogP contribution in [0.3, 0.4) is 0 Å². The van der Waals surface area contributed by atoms with Crippen LogP contribution in [-0.2, 0) is 4.79 Å². The predicted molar refractivity (Wildman–Crippen MR) is 91.0 cm³/mol. The van der Waals surface area contributed by atoms with Crippen molar-refractivity contribution in [2.75, 3.05) is 5.75 Å². The Morgan fingerprint density at radius 2 is 1.45 bits per heavy atom. The van der Waals surface area contributed by atoms with Crippen molar-refractivity contribution in [1.29, 1.82) is 0 Å². The van der Waals surface area contributed by atoms with Crippen molar-refractivity contribution in [2.45, 2.75) is 30.1 Å². The summed E-state index contributed by atoms with van der Waals surface area (Å²) in [4.78, 5) is 12.3. The van der Waals surface area contributed by atoms with E-state index in [2.05, 4.69) is 50.7 Å². The SMILES string of the molecule is Cc1ccc(S)cc1.Cc1ccc(SCCC=O)cc1. The first-order chi connectivity index (χ1) is 9.61. The molecule has 0 bridgehead atoms. The fraction of sp³-hybridized carbons (Fsp3) is 0.235. The van der Waals surface area contributed by atoms with E-state index in [1.807, 2.05) is 24.3 Å². The van der Waals surface area contributed by atoms with Gasteiger partial charge in [0.2, 0.25) is 0 Å². The van der Waals surface area contributed by atoms with Gasteiger partial charge in [0.05, 0.1) is 0 Å². The average molecular weight is 304 g/mol. The molecule has 0 amide bonds. The zero-order valence-corrected chi connectivity index (χ0v) is 13.6. The van der Waals surface area contributed by atoms with Crippen molar-refractivity contribution >= 4 is 30.7 Å². The van der Waals surface area contributed by atoms with Crippen LogP contribution in [0.15, 0.2) is 58.3 Å². The molecule has 0 N–H and O–H groups in total. The number of aldehydes is 1. The van der Waals surface area contributed by atoms with Crippen LogP contribution in [0.25, 0.3) is 0 Å². The number of rotatable bonds is 4. The molecule has 0 aliphatic rings. The maximum atomic E-state index is 10.0. The van der Waals surface area contributed by atoms with Gasteiger partial charge in [0.25, 0.3) is 0 Å². The molecular weight excluding hydrogens is 284 g/mol. The first-order valence-electron chi connectivity index (χ1n) is 6.50. The van der Waals surface area contributed by atoms with Gasteiger partial charge in [0.1, 0.15) is 6.29 Å². The Bertz CT molecular complexity index is 483.